The van der Waals surface area contributed by atoms with Gasteiger partial charge in [0.25, 0.3) is 0 Å². The van der Waals surface area contributed by atoms with Crippen LogP contribution in [0.5, 0.6) is 0 Å². The van der Waals surface area contributed by atoms with Crippen LogP contribution in [0.2, 0.25) is 0 Å². The molecule has 0 aliphatic heterocycles. The van der Waals surface area contributed by atoms with Crippen molar-refractivity contribution in [2.75, 3.05) is 0 Å². The van der Waals surface area contributed by atoms with E-state index in [1.165, 1.54) is 36.7 Å². The Labute approximate surface area is 286 Å². The monoisotopic (exact) mass is 641 g/mol. The Hall–Kier alpha value is -6.23. The number of hydrogen-bond acceptors (Lipinski definition) is 4. The third kappa shape index (κ3) is 4.61. The smallest absolute Gasteiger partial charge is 0.160 e. The zero-order valence-corrected chi connectivity index (χ0v) is 27.2. The van der Waals surface area contributed by atoms with E-state index in [-0.39, 0.29) is 0 Å². The highest BCUT2D eigenvalue weighted by Gasteiger charge is 2.18. The third-order valence-corrected chi connectivity index (χ3v) is 10.6. The second-order valence-corrected chi connectivity index (χ2v) is 13.5. The lowest BCUT2D eigenvalue weighted by Crippen LogP contribution is -1.96. The average Bonchev–Trinajstić information content (AvgIpc) is 3.56. The summed E-state index contributed by atoms with van der Waals surface area (Å²) in [6.07, 6.45) is 0. The Bertz CT molecular complexity index is 2860. The minimum Gasteiger partial charge on any atom is -0.247 e. The summed E-state index contributed by atoms with van der Waals surface area (Å²) in [6, 6.07) is 57.7. The molecule has 4 heteroatoms. The van der Waals surface area contributed by atoms with Crippen molar-refractivity contribution in [3.8, 4) is 45.0 Å². The number of rotatable bonds is 4. The van der Waals surface area contributed by atoms with Crippen LogP contribution in [0.4, 0.5) is 0 Å². The van der Waals surface area contributed by atoms with E-state index >= 15 is 0 Å². The molecule has 0 fully saturated rings. The van der Waals surface area contributed by atoms with Gasteiger partial charge < -0.3 is 0 Å². The molecule has 3 nitrogen and oxygen atoms in total. The quantitative estimate of drug-likeness (QED) is 0.180. The van der Waals surface area contributed by atoms with E-state index < -0.39 is 0 Å². The van der Waals surface area contributed by atoms with Gasteiger partial charge in [0, 0.05) is 58.4 Å². The first-order valence-electron chi connectivity index (χ1n) is 16.4. The van der Waals surface area contributed by atoms with Crippen LogP contribution in [0.3, 0.4) is 0 Å². The molecule has 0 atom stereocenters. The zero-order chi connectivity index (χ0) is 32.3. The molecule has 0 amide bonds. The van der Waals surface area contributed by atoms with Crippen molar-refractivity contribution in [1.29, 1.82) is 0 Å². The highest BCUT2D eigenvalue weighted by molar-refractivity contribution is 7.26. The van der Waals surface area contributed by atoms with Crippen LogP contribution in [0.25, 0.3) is 97.8 Å². The van der Waals surface area contributed by atoms with E-state index in [1.807, 2.05) is 23.5 Å². The zero-order valence-electron chi connectivity index (χ0n) is 26.3. The van der Waals surface area contributed by atoms with Crippen molar-refractivity contribution >= 4 is 64.1 Å². The van der Waals surface area contributed by atoms with Crippen molar-refractivity contribution in [1.82, 2.24) is 15.0 Å². The van der Waals surface area contributed by atoms with Gasteiger partial charge in [-0.25, -0.2) is 15.0 Å². The molecule has 0 aliphatic rings. The molecule has 3 aromatic heterocycles. The highest BCUT2D eigenvalue weighted by Crippen LogP contribution is 2.44. The van der Waals surface area contributed by atoms with E-state index in [0.717, 1.165) is 55.3 Å². The molecule has 7 aromatic carbocycles. The molecule has 10 rings (SSSR count). The van der Waals surface area contributed by atoms with Crippen LogP contribution in [0.15, 0.2) is 164 Å². The summed E-state index contributed by atoms with van der Waals surface area (Å²) < 4.78 is 2.58. The SMILES string of the molecule is c1ccc(-c2ccc(-c3nc(-c4ccc5c(c4)nc(-c4ccccc4)c4ccc6sc7ccccc7c6c45)nc4ccccc34)cc2)cc1. The summed E-state index contributed by atoms with van der Waals surface area (Å²) >= 11 is 1.85. The van der Waals surface area contributed by atoms with Gasteiger partial charge in [0.1, 0.15) is 0 Å². The lowest BCUT2D eigenvalue weighted by atomic mass is 9.95. The van der Waals surface area contributed by atoms with Gasteiger partial charge in [-0.05, 0) is 35.4 Å². The summed E-state index contributed by atoms with van der Waals surface area (Å²) in [6.45, 7) is 0. The van der Waals surface area contributed by atoms with Crippen LogP contribution in [-0.4, -0.2) is 15.0 Å². The van der Waals surface area contributed by atoms with Gasteiger partial charge in [0.15, 0.2) is 5.82 Å². The van der Waals surface area contributed by atoms with E-state index in [4.69, 9.17) is 15.0 Å². The van der Waals surface area contributed by atoms with E-state index in [9.17, 15) is 0 Å². The third-order valence-electron chi connectivity index (χ3n) is 9.47. The normalized spacial score (nSPS) is 11.7. The molecule has 3 heterocycles. The molecule has 228 valence electrons. The van der Waals surface area contributed by atoms with Crippen molar-refractivity contribution in [3.05, 3.63) is 164 Å². The Morgan fingerprint density at radius 3 is 1.73 bits per heavy atom. The fourth-order valence-electron chi connectivity index (χ4n) is 7.14. The predicted molar refractivity (Wildman–Crippen MR) is 207 cm³/mol. The molecule has 0 unspecified atom stereocenters. The van der Waals surface area contributed by atoms with Crippen LogP contribution in [-0.2, 0) is 0 Å². The largest absolute Gasteiger partial charge is 0.247 e. The van der Waals surface area contributed by atoms with Gasteiger partial charge >= 0.3 is 0 Å². The Kier molecular flexibility index (Phi) is 6.36. The number of nitrogens with zero attached hydrogens (tertiary/aromatic N) is 3. The number of aromatic nitrogens is 3. The minimum absolute atomic E-state index is 0.685. The fourth-order valence-corrected chi connectivity index (χ4v) is 8.26. The Morgan fingerprint density at radius 1 is 0.327 bits per heavy atom. The van der Waals surface area contributed by atoms with Crippen LogP contribution in [0.1, 0.15) is 0 Å². The van der Waals surface area contributed by atoms with Crippen molar-refractivity contribution in [2.45, 2.75) is 0 Å². The summed E-state index contributed by atoms with van der Waals surface area (Å²) in [5.74, 6) is 0.685. The van der Waals surface area contributed by atoms with E-state index in [1.54, 1.807) is 0 Å². The van der Waals surface area contributed by atoms with Gasteiger partial charge in [0.05, 0.1) is 22.4 Å². The molecule has 10 aromatic rings. The summed E-state index contributed by atoms with van der Waals surface area (Å²) in [7, 11) is 0. The maximum Gasteiger partial charge on any atom is 0.160 e. The maximum atomic E-state index is 5.36. The number of fused-ring (bicyclic) bond motifs is 8. The molecule has 0 radical (unpaired) electrons. The van der Waals surface area contributed by atoms with Crippen molar-refractivity contribution in [2.24, 2.45) is 0 Å². The summed E-state index contributed by atoms with van der Waals surface area (Å²) in [5, 5.41) is 7.13. The molecular weight excluding hydrogens is 615 g/mol. The highest BCUT2D eigenvalue weighted by atomic mass is 32.1. The first-order valence-corrected chi connectivity index (χ1v) is 17.3. The standard InChI is InChI=1S/C45H27N3S/c1-3-11-28(12-4-1)29-19-21-31(22-20-29)43-34-15-7-9-17-37(34)47-45(48-43)32-23-24-33-38(27-32)46-44(30-13-5-2-6-14-30)36-25-26-40-42(41(33)36)35-16-8-10-18-39(35)49-40/h1-27H. The number of thiophene rings is 1. The molecule has 0 saturated heterocycles. The van der Waals surface area contributed by atoms with Crippen molar-refractivity contribution in [3.63, 3.8) is 0 Å². The summed E-state index contributed by atoms with van der Waals surface area (Å²) in [5.41, 5.74) is 9.21. The number of para-hydroxylation sites is 1. The van der Waals surface area contributed by atoms with Gasteiger partial charge in [-0.3, -0.25) is 0 Å². The fraction of sp³-hybridized carbons (Fsp3) is 0. The molecule has 0 N–H and O–H groups in total. The molecule has 0 spiro atoms. The summed E-state index contributed by atoms with van der Waals surface area (Å²) in [4.78, 5) is 15.7. The minimum atomic E-state index is 0.685. The second kappa shape index (κ2) is 11.2. The molecule has 49 heavy (non-hydrogen) atoms. The van der Waals surface area contributed by atoms with Gasteiger partial charge in [0.2, 0.25) is 0 Å². The van der Waals surface area contributed by atoms with Crippen LogP contribution in [0, 0.1) is 0 Å². The molecular formula is C45H27N3S. The van der Waals surface area contributed by atoms with Crippen LogP contribution < -0.4 is 0 Å². The Balaban J connectivity index is 1.20. The lowest BCUT2D eigenvalue weighted by Gasteiger charge is -2.13. The second-order valence-electron chi connectivity index (χ2n) is 12.4. The average molecular weight is 642 g/mol. The van der Waals surface area contributed by atoms with Gasteiger partial charge in [-0.15, -0.1) is 11.3 Å². The number of hydrogen-bond donors (Lipinski definition) is 0. The molecule has 0 aliphatic carbocycles. The number of benzene rings is 7. The molecule has 0 saturated carbocycles. The van der Waals surface area contributed by atoms with Gasteiger partial charge in [-0.2, -0.15) is 0 Å². The van der Waals surface area contributed by atoms with Crippen LogP contribution >= 0.6 is 11.3 Å². The lowest BCUT2D eigenvalue weighted by molar-refractivity contribution is 1.23. The maximum absolute atomic E-state index is 5.36. The number of pyridine rings is 1. The first kappa shape index (κ1) is 27.8. The van der Waals surface area contributed by atoms with E-state index in [2.05, 4.69) is 152 Å². The first-order chi connectivity index (χ1) is 24.3. The predicted octanol–water partition coefficient (Wildman–Crippen LogP) is 12.4. The van der Waals surface area contributed by atoms with Gasteiger partial charge in [-0.1, -0.05) is 140 Å². The topological polar surface area (TPSA) is 38.7 Å². The van der Waals surface area contributed by atoms with Crippen molar-refractivity contribution < 1.29 is 0 Å². The van der Waals surface area contributed by atoms with E-state index in [0.29, 0.717) is 5.82 Å². The Morgan fingerprint density at radius 2 is 0.918 bits per heavy atom. The molecule has 0 bridgehead atoms.